The third-order valence-corrected chi connectivity index (χ3v) is 4.63. The fourth-order valence-corrected chi connectivity index (χ4v) is 3.81. The molecule has 2 atom stereocenters. The van der Waals surface area contributed by atoms with Crippen molar-refractivity contribution in [3.63, 3.8) is 0 Å². The highest BCUT2D eigenvalue weighted by Crippen LogP contribution is 2.52. The maximum absolute atomic E-state index is 5.35. The Labute approximate surface area is 94.0 Å². The van der Waals surface area contributed by atoms with Crippen molar-refractivity contribution in [1.82, 2.24) is 4.90 Å². The highest BCUT2D eigenvalue weighted by Gasteiger charge is 2.54. The van der Waals surface area contributed by atoms with Crippen molar-refractivity contribution < 1.29 is 4.74 Å². The van der Waals surface area contributed by atoms with Crippen molar-refractivity contribution >= 4 is 0 Å². The third kappa shape index (κ3) is 1.62. The highest BCUT2D eigenvalue weighted by atomic mass is 16.5. The highest BCUT2D eigenvalue weighted by molar-refractivity contribution is 5.10. The van der Waals surface area contributed by atoms with E-state index in [4.69, 9.17) is 4.74 Å². The number of hydrogen-bond donors (Lipinski definition) is 0. The van der Waals surface area contributed by atoms with Gasteiger partial charge in [0.1, 0.15) is 0 Å². The molecule has 2 heterocycles. The van der Waals surface area contributed by atoms with Gasteiger partial charge in [0.25, 0.3) is 0 Å². The van der Waals surface area contributed by atoms with E-state index in [0.717, 1.165) is 6.61 Å². The molecule has 88 valence electrons. The number of rotatable bonds is 2. The Hall–Kier alpha value is -0.0800. The van der Waals surface area contributed by atoms with Crippen LogP contribution in [0.5, 0.6) is 0 Å². The Morgan fingerprint density at radius 3 is 2.67 bits per heavy atom. The lowest BCUT2D eigenvalue weighted by Crippen LogP contribution is -2.52. The maximum atomic E-state index is 5.35. The minimum absolute atomic E-state index is 0.409. The fourth-order valence-electron chi connectivity index (χ4n) is 3.81. The molecule has 2 unspecified atom stereocenters. The second kappa shape index (κ2) is 3.74. The van der Waals surface area contributed by atoms with Gasteiger partial charge in [-0.3, -0.25) is 4.90 Å². The number of methoxy groups -OCH3 is 1. The van der Waals surface area contributed by atoms with Gasteiger partial charge in [0.05, 0.1) is 6.61 Å². The van der Waals surface area contributed by atoms with Crippen LogP contribution in [-0.2, 0) is 4.74 Å². The Morgan fingerprint density at radius 2 is 2.07 bits per heavy atom. The zero-order chi connectivity index (χ0) is 11.1. The van der Waals surface area contributed by atoms with Gasteiger partial charge in [0.2, 0.25) is 0 Å². The molecule has 0 spiro atoms. The van der Waals surface area contributed by atoms with Crippen LogP contribution < -0.4 is 0 Å². The van der Waals surface area contributed by atoms with E-state index >= 15 is 0 Å². The van der Waals surface area contributed by atoms with E-state index in [0.29, 0.717) is 17.0 Å². The van der Waals surface area contributed by atoms with Gasteiger partial charge in [0, 0.05) is 18.7 Å². The van der Waals surface area contributed by atoms with Crippen LogP contribution in [0.1, 0.15) is 46.5 Å². The molecule has 2 heteroatoms. The SMILES string of the molecule is COCC1CCC2(C(C)(C)C)CCCN12. The van der Waals surface area contributed by atoms with E-state index in [1.54, 1.807) is 0 Å². The standard InChI is InChI=1S/C13H25NO/c1-12(2,3)13-7-5-9-14(13)11(6-8-13)10-15-4/h11H,5-10H2,1-4H3. The van der Waals surface area contributed by atoms with Crippen LogP contribution in [0.4, 0.5) is 0 Å². The van der Waals surface area contributed by atoms with Crippen LogP contribution in [0, 0.1) is 5.41 Å². The summed E-state index contributed by atoms with van der Waals surface area (Å²) in [7, 11) is 1.83. The van der Waals surface area contributed by atoms with Crippen molar-refractivity contribution in [2.24, 2.45) is 5.41 Å². The first-order chi connectivity index (χ1) is 7.01. The van der Waals surface area contributed by atoms with E-state index < -0.39 is 0 Å². The smallest absolute Gasteiger partial charge is 0.0618 e. The van der Waals surface area contributed by atoms with Gasteiger partial charge >= 0.3 is 0 Å². The lowest BCUT2D eigenvalue weighted by molar-refractivity contribution is 0.0199. The van der Waals surface area contributed by atoms with Crippen molar-refractivity contribution in [2.75, 3.05) is 20.3 Å². The molecule has 2 nitrogen and oxygen atoms in total. The molecular formula is C13H25NO. The molecule has 2 rings (SSSR count). The largest absolute Gasteiger partial charge is 0.383 e. The topological polar surface area (TPSA) is 12.5 Å². The fraction of sp³-hybridized carbons (Fsp3) is 1.00. The molecule has 0 N–H and O–H groups in total. The third-order valence-electron chi connectivity index (χ3n) is 4.63. The Kier molecular flexibility index (Phi) is 2.85. The summed E-state index contributed by atoms with van der Waals surface area (Å²) in [5, 5.41) is 0. The van der Waals surface area contributed by atoms with Gasteiger partial charge < -0.3 is 4.74 Å². The molecule has 0 aromatic rings. The molecule has 2 aliphatic rings. The summed E-state index contributed by atoms with van der Waals surface area (Å²) in [6.07, 6.45) is 5.45. The molecule has 0 amide bonds. The number of hydrogen-bond acceptors (Lipinski definition) is 2. The molecule has 0 radical (unpaired) electrons. The van der Waals surface area contributed by atoms with Crippen molar-refractivity contribution in [1.29, 1.82) is 0 Å². The normalized spacial score (nSPS) is 37.2. The summed E-state index contributed by atoms with van der Waals surface area (Å²) >= 11 is 0. The van der Waals surface area contributed by atoms with Crippen molar-refractivity contribution in [2.45, 2.75) is 58.0 Å². The predicted octanol–water partition coefficient (Wildman–Crippen LogP) is 2.68. The van der Waals surface area contributed by atoms with Crippen LogP contribution >= 0.6 is 0 Å². The summed E-state index contributed by atoms with van der Waals surface area (Å²) in [6, 6.07) is 0.678. The van der Waals surface area contributed by atoms with E-state index in [1.807, 2.05) is 7.11 Å². The molecule has 0 aliphatic carbocycles. The summed E-state index contributed by atoms with van der Waals surface area (Å²) in [4.78, 5) is 2.75. The van der Waals surface area contributed by atoms with Crippen LogP contribution in [0.3, 0.4) is 0 Å². The maximum Gasteiger partial charge on any atom is 0.0618 e. The summed E-state index contributed by atoms with van der Waals surface area (Å²) in [6.45, 7) is 9.41. The summed E-state index contributed by atoms with van der Waals surface area (Å²) in [5.74, 6) is 0. The molecule has 0 bridgehead atoms. The van der Waals surface area contributed by atoms with Crippen LogP contribution in [0.25, 0.3) is 0 Å². The molecule has 2 fully saturated rings. The number of ether oxygens (including phenoxy) is 1. The first-order valence-corrected chi connectivity index (χ1v) is 6.27. The first kappa shape index (κ1) is 11.4. The second-order valence-corrected chi connectivity index (χ2v) is 6.23. The van der Waals surface area contributed by atoms with Crippen LogP contribution in [0.15, 0.2) is 0 Å². The van der Waals surface area contributed by atoms with Crippen LogP contribution in [-0.4, -0.2) is 36.7 Å². The quantitative estimate of drug-likeness (QED) is 0.696. The molecule has 0 saturated carbocycles. The average molecular weight is 211 g/mol. The van der Waals surface area contributed by atoms with Gasteiger partial charge in [-0.1, -0.05) is 20.8 Å². The lowest BCUT2D eigenvalue weighted by Gasteiger charge is -2.45. The van der Waals surface area contributed by atoms with Gasteiger partial charge in [-0.15, -0.1) is 0 Å². The molecule has 0 aromatic heterocycles. The van der Waals surface area contributed by atoms with Crippen molar-refractivity contribution in [3.05, 3.63) is 0 Å². The molecule has 15 heavy (non-hydrogen) atoms. The second-order valence-electron chi connectivity index (χ2n) is 6.23. The Bertz CT molecular complexity index is 233. The molecule has 2 saturated heterocycles. The van der Waals surface area contributed by atoms with E-state index in [2.05, 4.69) is 25.7 Å². The minimum atomic E-state index is 0.409. The van der Waals surface area contributed by atoms with E-state index in [-0.39, 0.29) is 0 Å². The molecular weight excluding hydrogens is 186 g/mol. The van der Waals surface area contributed by atoms with E-state index in [1.165, 1.54) is 32.2 Å². The Balaban J connectivity index is 2.19. The van der Waals surface area contributed by atoms with Gasteiger partial charge in [-0.05, 0) is 37.6 Å². The number of fused-ring (bicyclic) bond motifs is 1. The van der Waals surface area contributed by atoms with E-state index in [9.17, 15) is 0 Å². The zero-order valence-corrected chi connectivity index (χ0v) is 10.7. The number of nitrogens with zero attached hydrogens (tertiary/aromatic N) is 1. The average Bonchev–Trinajstić information content (AvgIpc) is 2.65. The van der Waals surface area contributed by atoms with Gasteiger partial charge in [-0.2, -0.15) is 0 Å². The monoisotopic (exact) mass is 211 g/mol. The van der Waals surface area contributed by atoms with Crippen LogP contribution in [0.2, 0.25) is 0 Å². The Morgan fingerprint density at radius 1 is 1.33 bits per heavy atom. The van der Waals surface area contributed by atoms with Crippen molar-refractivity contribution in [3.8, 4) is 0 Å². The minimum Gasteiger partial charge on any atom is -0.383 e. The predicted molar refractivity (Wildman–Crippen MR) is 63.0 cm³/mol. The van der Waals surface area contributed by atoms with Gasteiger partial charge in [-0.25, -0.2) is 0 Å². The first-order valence-electron chi connectivity index (χ1n) is 6.27. The van der Waals surface area contributed by atoms with Gasteiger partial charge in [0.15, 0.2) is 0 Å². The summed E-state index contributed by atoms with van der Waals surface area (Å²) < 4.78 is 5.35. The summed E-state index contributed by atoms with van der Waals surface area (Å²) in [5.41, 5.74) is 0.877. The lowest BCUT2D eigenvalue weighted by atomic mass is 9.71. The molecule has 0 aromatic carbocycles. The zero-order valence-electron chi connectivity index (χ0n) is 10.7. The molecule has 2 aliphatic heterocycles.